The van der Waals surface area contributed by atoms with Crippen molar-refractivity contribution in [3.05, 3.63) is 0 Å². The Morgan fingerprint density at radius 1 is 1.29 bits per heavy atom. The summed E-state index contributed by atoms with van der Waals surface area (Å²) in [6.45, 7) is 7.29. The van der Waals surface area contributed by atoms with E-state index in [4.69, 9.17) is 5.11 Å². The monoisotopic (exact) mass is 266 g/mol. The van der Waals surface area contributed by atoms with E-state index in [-0.39, 0.29) is 25.3 Å². The fourth-order valence-electron chi connectivity index (χ4n) is 1.31. The molecule has 3 N–H and O–H groups in total. The van der Waals surface area contributed by atoms with Crippen LogP contribution in [-0.4, -0.2) is 31.6 Å². The molecule has 0 saturated carbocycles. The second kappa shape index (κ2) is 6.32. The van der Waals surface area contributed by atoms with Gasteiger partial charge in [0.1, 0.15) is 5.54 Å². The SMILES string of the molecule is CCC(CC)(NS(=O)(=O)NCC(C)C)C(=O)O. The largest absolute Gasteiger partial charge is 0.480 e. The molecule has 0 heterocycles. The molecule has 7 heteroatoms. The third-order valence-corrected chi connectivity index (χ3v) is 3.83. The first kappa shape index (κ1) is 16.3. The highest BCUT2D eigenvalue weighted by Crippen LogP contribution is 2.16. The Kier molecular flexibility index (Phi) is 6.08. The molecule has 0 aromatic heterocycles. The molecule has 0 aliphatic rings. The molecule has 0 bridgehead atoms. The second-order valence-electron chi connectivity index (χ2n) is 4.44. The van der Waals surface area contributed by atoms with Gasteiger partial charge in [-0.2, -0.15) is 13.1 Å². The van der Waals surface area contributed by atoms with Crippen molar-refractivity contribution in [2.75, 3.05) is 6.54 Å². The van der Waals surface area contributed by atoms with Gasteiger partial charge in [-0.3, -0.25) is 4.79 Å². The van der Waals surface area contributed by atoms with E-state index in [9.17, 15) is 13.2 Å². The van der Waals surface area contributed by atoms with Gasteiger partial charge in [0, 0.05) is 6.54 Å². The van der Waals surface area contributed by atoms with Crippen LogP contribution >= 0.6 is 0 Å². The zero-order valence-electron chi connectivity index (χ0n) is 10.8. The summed E-state index contributed by atoms with van der Waals surface area (Å²) in [5, 5.41) is 9.11. The first-order valence-electron chi connectivity index (χ1n) is 5.71. The van der Waals surface area contributed by atoms with Crippen molar-refractivity contribution in [2.24, 2.45) is 5.92 Å². The average molecular weight is 266 g/mol. The molecule has 6 nitrogen and oxygen atoms in total. The molecule has 0 aromatic carbocycles. The summed E-state index contributed by atoms with van der Waals surface area (Å²) in [6.07, 6.45) is 0.392. The Balaban J connectivity index is 4.82. The fraction of sp³-hybridized carbons (Fsp3) is 0.900. The molecule has 0 saturated heterocycles. The molecule has 0 aliphatic carbocycles. The van der Waals surface area contributed by atoms with Crippen LogP contribution in [0, 0.1) is 5.92 Å². The van der Waals surface area contributed by atoms with E-state index in [1.54, 1.807) is 13.8 Å². The first-order chi connectivity index (χ1) is 7.69. The normalized spacial score (nSPS) is 13.0. The summed E-state index contributed by atoms with van der Waals surface area (Å²) in [7, 11) is -3.78. The molecule has 0 unspecified atom stereocenters. The predicted molar refractivity (Wildman–Crippen MR) is 65.8 cm³/mol. The third-order valence-electron chi connectivity index (χ3n) is 2.63. The summed E-state index contributed by atoms with van der Waals surface area (Å²) in [5.41, 5.74) is -1.43. The molecule has 0 spiro atoms. The topological polar surface area (TPSA) is 95.5 Å². The molecule has 0 atom stereocenters. The third kappa shape index (κ3) is 5.01. The molecule has 0 fully saturated rings. The van der Waals surface area contributed by atoms with E-state index in [0.29, 0.717) is 0 Å². The van der Waals surface area contributed by atoms with Crippen LogP contribution < -0.4 is 9.44 Å². The Morgan fingerprint density at radius 2 is 1.76 bits per heavy atom. The van der Waals surface area contributed by atoms with Gasteiger partial charge in [0.2, 0.25) is 0 Å². The van der Waals surface area contributed by atoms with Crippen LogP contribution in [0.4, 0.5) is 0 Å². The van der Waals surface area contributed by atoms with Gasteiger partial charge >= 0.3 is 5.97 Å². The lowest BCUT2D eigenvalue weighted by atomic mass is 9.95. The lowest BCUT2D eigenvalue weighted by Gasteiger charge is -2.27. The van der Waals surface area contributed by atoms with Crippen LogP contribution in [-0.2, 0) is 15.0 Å². The minimum Gasteiger partial charge on any atom is -0.480 e. The fourth-order valence-corrected chi connectivity index (χ4v) is 2.83. The van der Waals surface area contributed by atoms with Crippen LogP contribution in [0.1, 0.15) is 40.5 Å². The highest BCUT2D eigenvalue weighted by molar-refractivity contribution is 7.87. The summed E-state index contributed by atoms with van der Waals surface area (Å²) in [5.74, 6) is -0.994. The van der Waals surface area contributed by atoms with Crippen LogP contribution in [0.2, 0.25) is 0 Å². The number of rotatable bonds is 8. The van der Waals surface area contributed by atoms with E-state index < -0.39 is 21.7 Å². The molecule has 102 valence electrons. The molecule has 17 heavy (non-hydrogen) atoms. The van der Waals surface area contributed by atoms with E-state index in [2.05, 4.69) is 9.44 Å². The van der Waals surface area contributed by atoms with Crippen LogP contribution in [0.5, 0.6) is 0 Å². The number of carboxylic acid groups (broad SMARTS) is 1. The van der Waals surface area contributed by atoms with Gasteiger partial charge in [-0.05, 0) is 18.8 Å². The predicted octanol–water partition coefficient (Wildman–Crippen LogP) is 0.710. The number of carbonyl (C=O) groups is 1. The number of aliphatic carboxylic acids is 1. The van der Waals surface area contributed by atoms with Gasteiger partial charge < -0.3 is 5.11 Å². The molecule has 0 aromatic rings. The average Bonchev–Trinajstić information content (AvgIpc) is 2.23. The molecule has 0 aliphatic heterocycles. The standard InChI is InChI=1S/C10H22N2O4S/c1-5-10(6-2,9(13)14)12-17(15,16)11-7-8(3)4/h8,11-12H,5-7H2,1-4H3,(H,13,14). The van der Waals surface area contributed by atoms with Gasteiger partial charge in [0.25, 0.3) is 10.2 Å². The number of hydrogen-bond donors (Lipinski definition) is 3. The quantitative estimate of drug-likeness (QED) is 0.603. The van der Waals surface area contributed by atoms with Crippen molar-refractivity contribution in [3.63, 3.8) is 0 Å². The molecule has 0 rings (SSSR count). The van der Waals surface area contributed by atoms with Crippen molar-refractivity contribution < 1.29 is 18.3 Å². The smallest absolute Gasteiger partial charge is 0.324 e. The van der Waals surface area contributed by atoms with E-state index >= 15 is 0 Å². The number of carboxylic acids is 1. The van der Waals surface area contributed by atoms with Crippen molar-refractivity contribution in [2.45, 2.75) is 46.1 Å². The van der Waals surface area contributed by atoms with Gasteiger partial charge in [-0.1, -0.05) is 27.7 Å². The highest BCUT2D eigenvalue weighted by atomic mass is 32.2. The Labute approximate surface area is 103 Å². The Bertz CT molecular complexity index is 347. The number of nitrogens with one attached hydrogen (secondary N) is 2. The lowest BCUT2D eigenvalue weighted by Crippen LogP contribution is -2.56. The number of hydrogen-bond acceptors (Lipinski definition) is 3. The van der Waals surface area contributed by atoms with E-state index in [1.807, 2.05) is 13.8 Å². The summed E-state index contributed by atoms with van der Waals surface area (Å²) in [4.78, 5) is 11.1. The van der Waals surface area contributed by atoms with Crippen molar-refractivity contribution in [1.29, 1.82) is 0 Å². The maximum Gasteiger partial charge on any atom is 0.324 e. The lowest BCUT2D eigenvalue weighted by molar-refractivity contribution is -0.144. The molecular weight excluding hydrogens is 244 g/mol. The van der Waals surface area contributed by atoms with Crippen LogP contribution in [0.3, 0.4) is 0 Å². The maximum atomic E-state index is 11.7. The maximum absolute atomic E-state index is 11.7. The van der Waals surface area contributed by atoms with Gasteiger partial charge in [0.15, 0.2) is 0 Å². The summed E-state index contributed by atoms with van der Waals surface area (Å²) < 4.78 is 27.9. The Morgan fingerprint density at radius 3 is 2.06 bits per heavy atom. The highest BCUT2D eigenvalue weighted by Gasteiger charge is 2.38. The van der Waals surface area contributed by atoms with Gasteiger partial charge in [-0.15, -0.1) is 0 Å². The van der Waals surface area contributed by atoms with Crippen molar-refractivity contribution in [1.82, 2.24) is 9.44 Å². The van der Waals surface area contributed by atoms with Crippen molar-refractivity contribution >= 4 is 16.2 Å². The first-order valence-corrected chi connectivity index (χ1v) is 7.19. The zero-order valence-corrected chi connectivity index (χ0v) is 11.6. The Hall–Kier alpha value is -0.660. The minimum absolute atomic E-state index is 0.161. The molecule has 0 radical (unpaired) electrons. The zero-order chi connectivity index (χ0) is 13.7. The van der Waals surface area contributed by atoms with Gasteiger partial charge in [0.05, 0.1) is 0 Å². The van der Waals surface area contributed by atoms with Crippen LogP contribution in [0.25, 0.3) is 0 Å². The van der Waals surface area contributed by atoms with Crippen molar-refractivity contribution in [3.8, 4) is 0 Å². The van der Waals surface area contributed by atoms with Gasteiger partial charge in [-0.25, -0.2) is 4.72 Å². The van der Waals surface area contributed by atoms with Crippen LogP contribution in [0.15, 0.2) is 0 Å². The van der Waals surface area contributed by atoms with E-state index in [1.165, 1.54) is 0 Å². The molecular formula is C10H22N2O4S. The summed E-state index contributed by atoms with van der Waals surface area (Å²) in [6, 6.07) is 0. The second-order valence-corrected chi connectivity index (χ2v) is 5.94. The summed E-state index contributed by atoms with van der Waals surface area (Å²) >= 11 is 0. The van der Waals surface area contributed by atoms with E-state index in [0.717, 1.165) is 0 Å². The molecule has 0 amide bonds. The minimum atomic E-state index is -3.78.